The van der Waals surface area contributed by atoms with E-state index in [1.54, 1.807) is 0 Å². The summed E-state index contributed by atoms with van der Waals surface area (Å²) in [6, 6.07) is 4.02. The molecule has 0 aliphatic carbocycles. The number of hydrogen-bond donors (Lipinski definition) is 2. The third-order valence-corrected chi connectivity index (χ3v) is 3.97. The molecule has 0 amide bonds. The number of aromatic nitrogens is 3. The zero-order chi connectivity index (χ0) is 18.6. The highest BCUT2D eigenvalue weighted by Gasteiger charge is 2.27. The molecule has 2 aromatic rings. The van der Waals surface area contributed by atoms with Crippen LogP contribution in [0.15, 0.2) is 18.2 Å². The molecule has 25 heavy (non-hydrogen) atoms. The van der Waals surface area contributed by atoms with Gasteiger partial charge in [0.2, 0.25) is 0 Å². The van der Waals surface area contributed by atoms with E-state index >= 15 is 0 Å². The summed E-state index contributed by atoms with van der Waals surface area (Å²) in [5.74, 6) is -3.31. The molecule has 0 aliphatic heterocycles. The van der Waals surface area contributed by atoms with E-state index in [4.69, 9.17) is 21.1 Å². The van der Waals surface area contributed by atoms with Crippen LogP contribution in [-0.2, 0) is 11.4 Å². The summed E-state index contributed by atoms with van der Waals surface area (Å²) in [6.45, 7) is 0. The van der Waals surface area contributed by atoms with Gasteiger partial charge < -0.3 is 19.1 Å². The topological polar surface area (TPSA) is 112 Å². The van der Waals surface area contributed by atoms with Crippen molar-refractivity contribution in [2.75, 3.05) is 18.9 Å². The number of aliphatic hydroxyl groups excluding tert-OH is 1. The molecule has 0 fully saturated rings. The number of nitrogens with zero attached hydrogens (tertiary/aromatic N) is 3. The smallest absolute Gasteiger partial charge is 0.421 e. The van der Waals surface area contributed by atoms with E-state index in [1.807, 2.05) is 0 Å². The number of methoxy groups -OCH3 is 2. The van der Waals surface area contributed by atoms with Crippen LogP contribution in [0, 0.1) is 0 Å². The summed E-state index contributed by atoms with van der Waals surface area (Å²) in [7, 11) is 2.62. The van der Waals surface area contributed by atoms with Crippen LogP contribution in [0.2, 0.25) is 5.02 Å². The number of alkyl halides is 2. The molecular weight excluding hydrogens is 382 g/mol. The van der Waals surface area contributed by atoms with Gasteiger partial charge in [0.05, 0.1) is 19.2 Å². The molecule has 1 aromatic heterocycles. The average molecular weight is 395 g/mol. The van der Waals surface area contributed by atoms with E-state index in [2.05, 4.69) is 19.7 Å². The SMILES string of the molecule is COc1nc(OC)nc(C(O)c2cccc(Cl)c2N[S+]([O-])C(F)F)n1. The summed E-state index contributed by atoms with van der Waals surface area (Å²) in [6.07, 6.45) is -1.50. The van der Waals surface area contributed by atoms with Gasteiger partial charge in [-0.3, -0.25) is 0 Å². The third-order valence-electron chi connectivity index (χ3n) is 2.93. The number of ether oxygens (including phenoxy) is 2. The van der Waals surface area contributed by atoms with Gasteiger partial charge >= 0.3 is 17.8 Å². The molecule has 1 aromatic carbocycles. The number of nitrogens with one attached hydrogen (secondary N) is 1. The molecule has 2 N–H and O–H groups in total. The summed E-state index contributed by atoms with van der Waals surface area (Å²) >= 11 is 3.26. The van der Waals surface area contributed by atoms with E-state index in [1.165, 1.54) is 32.4 Å². The van der Waals surface area contributed by atoms with E-state index < -0.39 is 23.2 Å². The van der Waals surface area contributed by atoms with Crippen molar-refractivity contribution in [3.8, 4) is 12.0 Å². The van der Waals surface area contributed by atoms with Gasteiger partial charge in [-0.15, -0.1) is 4.98 Å². The molecule has 136 valence electrons. The quantitative estimate of drug-likeness (QED) is 0.685. The van der Waals surface area contributed by atoms with E-state index in [9.17, 15) is 18.4 Å². The number of para-hydroxylation sites is 1. The van der Waals surface area contributed by atoms with Gasteiger partial charge in [0.1, 0.15) is 23.2 Å². The first-order chi connectivity index (χ1) is 11.9. The Labute approximate surface area is 149 Å². The lowest BCUT2D eigenvalue weighted by Crippen LogP contribution is -2.22. The number of rotatable bonds is 7. The monoisotopic (exact) mass is 394 g/mol. The molecule has 8 nitrogen and oxygen atoms in total. The molecule has 2 rings (SSSR count). The number of aliphatic hydroxyl groups is 1. The van der Waals surface area contributed by atoms with Crippen LogP contribution in [0.3, 0.4) is 0 Å². The normalized spacial score (nSPS) is 13.4. The molecule has 0 saturated carbocycles. The van der Waals surface area contributed by atoms with Crippen molar-refractivity contribution in [2.45, 2.75) is 11.9 Å². The van der Waals surface area contributed by atoms with Crippen molar-refractivity contribution in [2.24, 2.45) is 0 Å². The van der Waals surface area contributed by atoms with E-state index in [-0.39, 0.29) is 34.1 Å². The number of benzene rings is 1. The third kappa shape index (κ3) is 4.57. The molecule has 0 bridgehead atoms. The van der Waals surface area contributed by atoms with Crippen molar-refractivity contribution < 1.29 is 27.9 Å². The second-order valence-corrected chi connectivity index (χ2v) is 6.00. The molecule has 12 heteroatoms. The first-order valence-electron chi connectivity index (χ1n) is 6.63. The maximum absolute atomic E-state index is 12.6. The summed E-state index contributed by atoms with van der Waals surface area (Å²) in [5, 5.41) is 10.5. The van der Waals surface area contributed by atoms with Crippen molar-refractivity contribution in [3.05, 3.63) is 34.6 Å². The second kappa shape index (κ2) is 8.43. The minimum Gasteiger partial charge on any atom is -0.588 e. The predicted octanol–water partition coefficient (Wildman–Crippen LogP) is 1.92. The number of halogens is 3. The molecule has 0 radical (unpaired) electrons. The van der Waals surface area contributed by atoms with Crippen LogP contribution in [0.4, 0.5) is 14.5 Å². The van der Waals surface area contributed by atoms with Gasteiger partial charge in [-0.2, -0.15) is 18.7 Å². The van der Waals surface area contributed by atoms with E-state index in [0.29, 0.717) is 0 Å². The molecule has 2 unspecified atom stereocenters. The predicted molar refractivity (Wildman–Crippen MR) is 86.2 cm³/mol. The molecular formula is C13H13ClF2N4O4S. The maximum Gasteiger partial charge on any atom is 0.421 e. The van der Waals surface area contributed by atoms with Crippen LogP contribution in [-0.4, -0.2) is 44.6 Å². The van der Waals surface area contributed by atoms with Crippen molar-refractivity contribution in [3.63, 3.8) is 0 Å². The fraction of sp³-hybridized carbons (Fsp3) is 0.308. The number of anilines is 1. The van der Waals surface area contributed by atoms with Gasteiger partial charge in [-0.1, -0.05) is 23.7 Å². The zero-order valence-corrected chi connectivity index (χ0v) is 14.5. The maximum atomic E-state index is 12.6. The minimum atomic E-state index is -3.14. The van der Waals surface area contributed by atoms with Crippen molar-refractivity contribution >= 4 is 28.7 Å². The molecule has 2 atom stereocenters. The zero-order valence-electron chi connectivity index (χ0n) is 12.9. The van der Waals surface area contributed by atoms with Crippen molar-refractivity contribution in [1.29, 1.82) is 0 Å². The summed E-state index contributed by atoms with van der Waals surface area (Å²) in [4.78, 5) is 11.6. The van der Waals surface area contributed by atoms with Gasteiger partial charge in [0.15, 0.2) is 5.82 Å². The Bertz CT molecular complexity index is 721. The number of hydrogen-bond acceptors (Lipinski definition) is 8. The first kappa shape index (κ1) is 19.4. The summed E-state index contributed by atoms with van der Waals surface area (Å²) in [5.41, 5.74) is -0.0922. The lowest BCUT2D eigenvalue weighted by atomic mass is 10.1. The van der Waals surface area contributed by atoms with Crippen LogP contribution in [0.5, 0.6) is 12.0 Å². The molecule has 0 aliphatic rings. The standard InChI is InChI=1S/C13H13ClF2N4O4S/c1-23-12-17-10(18-13(19-12)24-2)9(21)6-4-3-5-7(14)8(6)20-25(22)11(15)16/h3-5,9,11,20-21H,1-2H3. The Morgan fingerprint density at radius 2 is 1.80 bits per heavy atom. The lowest BCUT2D eigenvalue weighted by Gasteiger charge is -2.18. The van der Waals surface area contributed by atoms with Gasteiger partial charge in [0, 0.05) is 5.56 Å². The van der Waals surface area contributed by atoms with Gasteiger partial charge in [-0.25, -0.2) is 4.72 Å². The average Bonchev–Trinajstić information content (AvgIpc) is 2.61. The highest BCUT2D eigenvalue weighted by molar-refractivity contribution is 7.93. The van der Waals surface area contributed by atoms with Crippen LogP contribution < -0.4 is 14.2 Å². The van der Waals surface area contributed by atoms with E-state index in [0.717, 1.165) is 0 Å². The molecule has 1 heterocycles. The molecule has 0 spiro atoms. The Hall–Kier alpha value is -1.95. The van der Waals surface area contributed by atoms with Crippen molar-refractivity contribution in [1.82, 2.24) is 15.0 Å². The first-order valence-corrected chi connectivity index (χ1v) is 8.22. The van der Waals surface area contributed by atoms with Gasteiger partial charge in [0.25, 0.3) is 0 Å². The lowest BCUT2D eigenvalue weighted by molar-refractivity contribution is 0.204. The Kier molecular flexibility index (Phi) is 6.53. The highest BCUT2D eigenvalue weighted by Crippen LogP contribution is 2.34. The second-order valence-electron chi connectivity index (χ2n) is 4.43. The Morgan fingerprint density at radius 1 is 1.20 bits per heavy atom. The summed E-state index contributed by atoms with van der Waals surface area (Å²) < 4.78 is 48.4. The fourth-order valence-electron chi connectivity index (χ4n) is 1.82. The highest BCUT2D eigenvalue weighted by atomic mass is 35.5. The Balaban J connectivity index is 2.46. The van der Waals surface area contributed by atoms with Crippen LogP contribution in [0.1, 0.15) is 17.5 Å². The largest absolute Gasteiger partial charge is 0.588 e. The molecule has 0 saturated heterocycles. The fourth-order valence-corrected chi connectivity index (χ4v) is 2.62. The van der Waals surface area contributed by atoms with Crippen LogP contribution >= 0.6 is 11.6 Å². The van der Waals surface area contributed by atoms with Crippen LogP contribution in [0.25, 0.3) is 0 Å². The minimum absolute atomic E-state index is 0.0152. The van der Waals surface area contributed by atoms with Gasteiger partial charge in [-0.05, 0) is 6.07 Å². The Morgan fingerprint density at radius 3 is 2.32 bits per heavy atom.